The molecule has 0 saturated carbocycles. The lowest BCUT2D eigenvalue weighted by Crippen LogP contribution is -2.20. The van der Waals surface area contributed by atoms with Crippen LogP contribution in [0, 0.1) is 0 Å². The summed E-state index contributed by atoms with van der Waals surface area (Å²) in [6, 6.07) is 1.93. The van der Waals surface area contributed by atoms with E-state index in [0.717, 1.165) is 24.7 Å². The highest BCUT2D eigenvalue weighted by molar-refractivity contribution is 5.52. The van der Waals surface area contributed by atoms with Crippen LogP contribution >= 0.6 is 0 Å². The van der Waals surface area contributed by atoms with E-state index in [-0.39, 0.29) is 0 Å². The van der Waals surface area contributed by atoms with Crippen LogP contribution in [0.1, 0.15) is 12.8 Å². The van der Waals surface area contributed by atoms with E-state index in [0.29, 0.717) is 5.95 Å². The van der Waals surface area contributed by atoms with Gasteiger partial charge in [0.1, 0.15) is 11.6 Å². The molecule has 14 heavy (non-hydrogen) atoms. The van der Waals surface area contributed by atoms with Crippen molar-refractivity contribution in [2.45, 2.75) is 12.8 Å². The summed E-state index contributed by atoms with van der Waals surface area (Å²) in [7, 11) is 1.83. The van der Waals surface area contributed by atoms with Gasteiger partial charge in [0.05, 0.1) is 0 Å². The zero-order valence-corrected chi connectivity index (χ0v) is 8.32. The molecule has 0 aliphatic carbocycles. The second-order valence-corrected chi connectivity index (χ2v) is 3.41. The number of nitrogens with one attached hydrogen (secondary N) is 1. The van der Waals surface area contributed by atoms with Crippen LogP contribution in [0.4, 0.5) is 17.6 Å². The van der Waals surface area contributed by atoms with Gasteiger partial charge in [0.15, 0.2) is 0 Å². The first-order chi connectivity index (χ1) is 6.79. The Kier molecular flexibility index (Phi) is 2.39. The van der Waals surface area contributed by atoms with Crippen LogP contribution in [0.3, 0.4) is 0 Å². The molecular formula is C9H15N5. The van der Waals surface area contributed by atoms with Crippen LogP contribution in [0.15, 0.2) is 6.07 Å². The molecule has 5 heteroatoms. The van der Waals surface area contributed by atoms with Gasteiger partial charge in [-0.1, -0.05) is 0 Å². The Balaban J connectivity index is 2.27. The van der Waals surface area contributed by atoms with Crippen molar-refractivity contribution >= 4 is 17.6 Å². The third kappa shape index (κ3) is 1.71. The molecule has 1 aliphatic heterocycles. The highest BCUT2D eigenvalue weighted by atomic mass is 15.2. The van der Waals surface area contributed by atoms with E-state index < -0.39 is 0 Å². The fraction of sp³-hybridized carbons (Fsp3) is 0.556. The first-order valence-electron chi connectivity index (χ1n) is 4.87. The van der Waals surface area contributed by atoms with Crippen molar-refractivity contribution < 1.29 is 0 Å². The summed E-state index contributed by atoms with van der Waals surface area (Å²) >= 11 is 0. The lowest BCUT2D eigenvalue weighted by atomic mass is 10.4. The third-order valence-electron chi connectivity index (χ3n) is 2.42. The maximum atomic E-state index is 5.61. The summed E-state index contributed by atoms with van der Waals surface area (Å²) in [6.07, 6.45) is 2.47. The molecule has 2 heterocycles. The summed E-state index contributed by atoms with van der Waals surface area (Å²) in [4.78, 5) is 10.5. The van der Waals surface area contributed by atoms with E-state index in [1.807, 2.05) is 13.1 Å². The van der Waals surface area contributed by atoms with Crippen LogP contribution in [0.2, 0.25) is 0 Å². The van der Waals surface area contributed by atoms with E-state index in [1.54, 1.807) is 0 Å². The first-order valence-corrected chi connectivity index (χ1v) is 4.87. The largest absolute Gasteiger partial charge is 0.373 e. The van der Waals surface area contributed by atoms with Crippen LogP contribution in [-0.4, -0.2) is 30.1 Å². The lowest BCUT2D eigenvalue weighted by molar-refractivity contribution is 0.931. The molecule has 0 bridgehead atoms. The number of rotatable bonds is 2. The summed E-state index contributed by atoms with van der Waals surface area (Å²) in [5.74, 6) is 2.04. The number of anilines is 3. The van der Waals surface area contributed by atoms with Gasteiger partial charge in [-0.05, 0) is 12.8 Å². The van der Waals surface area contributed by atoms with Crippen molar-refractivity contribution in [2.24, 2.45) is 0 Å². The molecule has 0 spiro atoms. The highest BCUT2D eigenvalue weighted by Crippen LogP contribution is 2.20. The van der Waals surface area contributed by atoms with Gasteiger partial charge >= 0.3 is 0 Å². The van der Waals surface area contributed by atoms with Gasteiger partial charge in [0.2, 0.25) is 5.95 Å². The zero-order valence-electron chi connectivity index (χ0n) is 8.32. The van der Waals surface area contributed by atoms with Crippen molar-refractivity contribution in [1.82, 2.24) is 9.97 Å². The van der Waals surface area contributed by atoms with Crippen LogP contribution < -0.4 is 16.0 Å². The van der Waals surface area contributed by atoms with E-state index in [4.69, 9.17) is 5.73 Å². The van der Waals surface area contributed by atoms with Gasteiger partial charge < -0.3 is 16.0 Å². The van der Waals surface area contributed by atoms with Crippen molar-refractivity contribution in [2.75, 3.05) is 36.1 Å². The molecule has 5 nitrogen and oxygen atoms in total. The predicted molar refractivity (Wildman–Crippen MR) is 57.4 cm³/mol. The van der Waals surface area contributed by atoms with Gasteiger partial charge in [-0.3, -0.25) is 0 Å². The third-order valence-corrected chi connectivity index (χ3v) is 2.42. The maximum absolute atomic E-state index is 5.61. The normalized spacial score (nSPS) is 15.9. The SMILES string of the molecule is CNc1cc(N2CCCC2)nc(N)n1. The number of aromatic nitrogens is 2. The first kappa shape index (κ1) is 9.05. The minimum absolute atomic E-state index is 0.332. The van der Waals surface area contributed by atoms with Crippen molar-refractivity contribution in [3.05, 3.63) is 6.07 Å². The minimum atomic E-state index is 0.332. The van der Waals surface area contributed by atoms with E-state index in [1.165, 1.54) is 12.8 Å². The molecule has 0 atom stereocenters. The molecular weight excluding hydrogens is 178 g/mol. The van der Waals surface area contributed by atoms with Crippen LogP contribution in [-0.2, 0) is 0 Å². The Bertz CT molecular complexity index is 319. The summed E-state index contributed by atoms with van der Waals surface area (Å²) in [5, 5.41) is 2.97. The van der Waals surface area contributed by atoms with Gasteiger partial charge in [-0.15, -0.1) is 0 Å². The van der Waals surface area contributed by atoms with E-state index in [2.05, 4.69) is 20.2 Å². The van der Waals surface area contributed by atoms with E-state index >= 15 is 0 Å². The molecule has 1 fully saturated rings. The molecule has 2 rings (SSSR count). The number of hydrogen-bond donors (Lipinski definition) is 2. The Hall–Kier alpha value is -1.52. The second-order valence-electron chi connectivity index (χ2n) is 3.41. The second kappa shape index (κ2) is 3.69. The summed E-state index contributed by atoms with van der Waals surface area (Å²) < 4.78 is 0. The Morgan fingerprint density at radius 3 is 2.71 bits per heavy atom. The molecule has 0 unspecified atom stereocenters. The summed E-state index contributed by atoms with van der Waals surface area (Å²) in [5.41, 5.74) is 5.61. The molecule has 3 N–H and O–H groups in total. The smallest absolute Gasteiger partial charge is 0.223 e. The van der Waals surface area contributed by atoms with Crippen molar-refractivity contribution in [1.29, 1.82) is 0 Å². The lowest BCUT2D eigenvalue weighted by Gasteiger charge is -2.16. The number of nitrogen functional groups attached to an aromatic ring is 1. The van der Waals surface area contributed by atoms with E-state index in [9.17, 15) is 0 Å². The molecule has 0 radical (unpaired) electrons. The molecule has 0 amide bonds. The maximum Gasteiger partial charge on any atom is 0.223 e. The monoisotopic (exact) mass is 193 g/mol. The zero-order chi connectivity index (χ0) is 9.97. The Morgan fingerprint density at radius 2 is 2.07 bits per heavy atom. The van der Waals surface area contributed by atoms with Crippen molar-refractivity contribution in [3.63, 3.8) is 0 Å². The minimum Gasteiger partial charge on any atom is -0.373 e. The van der Waals surface area contributed by atoms with Crippen molar-refractivity contribution in [3.8, 4) is 0 Å². The molecule has 1 aromatic heterocycles. The van der Waals surface area contributed by atoms with Gasteiger partial charge in [-0.2, -0.15) is 9.97 Å². The molecule has 0 aromatic carbocycles. The Morgan fingerprint density at radius 1 is 1.36 bits per heavy atom. The molecule has 1 aliphatic rings. The quantitative estimate of drug-likeness (QED) is 0.723. The van der Waals surface area contributed by atoms with Gasteiger partial charge in [0.25, 0.3) is 0 Å². The molecule has 1 aromatic rings. The number of nitrogens with two attached hydrogens (primary N) is 1. The average Bonchev–Trinajstić information content (AvgIpc) is 2.69. The standard InChI is InChI=1S/C9H15N5/c1-11-7-6-8(13-9(10)12-7)14-4-2-3-5-14/h6H,2-5H2,1H3,(H3,10,11,12,13). The topological polar surface area (TPSA) is 67.1 Å². The number of nitrogens with zero attached hydrogens (tertiary/aromatic N) is 3. The van der Waals surface area contributed by atoms with Crippen LogP contribution in [0.25, 0.3) is 0 Å². The number of hydrogen-bond acceptors (Lipinski definition) is 5. The van der Waals surface area contributed by atoms with Crippen LogP contribution in [0.5, 0.6) is 0 Å². The average molecular weight is 193 g/mol. The Labute approximate surface area is 83.3 Å². The summed E-state index contributed by atoms with van der Waals surface area (Å²) in [6.45, 7) is 2.14. The fourth-order valence-corrected chi connectivity index (χ4v) is 1.69. The molecule has 76 valence electrons. The highest BCUT2D eigenvalue weighted by Gasteiger charge is 2.14. The predicted octanol–water partition coefficient (Wildman–Crippen LogP) is 0.701. The fourth-order valence-electron chi connectivity index (χ4n) is 1.69. The van der Waals surface area contributed by atoms with Gasteiger partial charge in [0, 0.05) is 26.2 Å². The van der Waals surface area contributed by atoms with Gasteiger partial charge in [-0.25, -0.2) is 0 Å². The molecule has 1 saturated heterocycles.